The van der Waals surface area contributed by atoms with E-state index in [4.69, 9.17) is 11.6 Å². The van der Waals surface area contributed by atoms with Crippen LogP contribution in [0.1, 0.15) is 21.5 Å². The van der Waals surface area contributed by atoms with Gasteiger partial charge in [0.05, 0.1) is 0 Å². The molecule has 1 nitrogen and oxygen atoms in total. The number of rotatable bonds is 2. The Labute approximate surface area is 122 Å². The number of carbonyl (C=O) groups excluding carboxylic acids is 1. The van der Waals surface area contributed by atoms with Crippen LogP contribution < -0.4 is 0 Å². The van der Waals surface area contributed by atoms with Crippen molar-refractivity contribution < 1.29 is 4.79 Å². The summed E-state index contributed by atoms with van der Waals surface area (Å²) in [6.07, 6.45) is 0. The third-order valence-electron chi connectivity index (χ3n) is 3.44. The van der Waals surface area contributed by atoms with E-state index in [1.165, 1.54) is 0 Å². The van der Waals surface area contributed by atoms with Gasteiger partial charge in [-0.15, -0.1) is 0 Å². The topological polar surface area (TPSA) is 17.1 Å². The molecule has 2 heteroatoms. The molecular weight excluding hydrogens is 268 g/mol. The molecule has 0 heterocycles. The van der Waals surface area contributed by atoms with E-state index in [1.807, 2.05) is 55.5 Å². The Morgan fingerprint density at radius 1 is 0.900 bits per heavy atom. The Kier molecular flexibility index (Phi) is 3.29. The summed E-state index contributed by atoms with van der Waals surface area (Å²) in [6.45, 7) is 1.90. The molecule has 0 atom stereocenters. The van der Waals surface area contributed by atoms with Crippen molar-refractivity contribution in [2.75, 3.05) is 0 Å². The third-order valence-corrected chi connectivity index (χ3v) is 3.68. The normalized spacial score (nSPS) is 10.7. The van der Waals surface area contributed by atoms with Gasteiger partial charge in [0.2, 0.25) is 0 Å². The zero-order chi connectivity index (χ0) is 14.1. The minimum atomic E-state index is 0.0323. The molecule has 0 spiro atoms. The van der Waals surface area contributed by atoms with Crippen LogP contribution in [0.15, 0.2) is 60.7 Å². The minimum Gasteiger partial charge on any atom is -0.289 e. The Morgan fingerprint density at radius 2 is 1.65 bits per heavy atom. The van der Waals surface area contributed by atoms with Gasteiger partial charge in [0.15, 0.2) is 5.78 Å². The van der Waals surface area contributed by atoms with Crippen LogP contribution in [0.25, 0.3) is 10.8 Å². The molecule has 0 saturated carbocycles. The molecule has 0 fully saturated rings. The molecule has 0 aliphatic rings. The van der Waals surface area contributed by atoms with Crippen molar-refractivity contribution in [1.82, 2.24) is 0 Å². The van der Waals surface area contributed by atoms with Gasteiger partial charge in [0.25, 0.3) is 0 Å². The summed E-state index contributed by atoms with van der Waals surface area (Å²) in [4.78, 5) is 12.6. The molecule has 0 bridgehead atoms. The van der Waals surface area contributed by atoms with E-state index in [1.54, 1.807) is 12.1 Å². The van der Waals surface area contributed by atoms with Crippen molar-refractivity contribution in [2.24, 2.45) is 0 Å². The van der Waals surface area contributed by atoms with E-state index in [0.29, 0.717) is 16.1 Å². The molecule has 3 rings (SSSR count). The van der Waals surface area contributed by atoms with Crippen molar-refractivity contribution in [3.63, 3.8) is 0 Å². The predicted octanol–water partition coefficient (Wildman–Crippen LogP) is 5.03. The minimum absolute atomic E-state index is 0.0323. The quantitative estimate of drug-likeness (QED) is 0.602. The second kappa shape index (κ2) is 5.10. The first-order valence-electron chi connectivity index (χ1n) is 6.45. The van der Waals surface area contributed by atoms with Gasteiger partial charge >= 0.3 is 0 Å². The van der Waals surface area contributed by atoms with Crippen LogP contribution in [0.4, 0.5) is 0 Å². The largest absolute Gasteiger partial charge is 0.289 e. The Morgan fingerprint density at radius 3 is 2.40 bits per heavy atom. The standard InChI is InChI=1S/C18H13ClO/c1-12-10-16(19)8-9-17(12)18(20)15-7-6-13-4-2-3-5-14(13)11-15/h2-11H,1H3. The lowest BCUT2D eigenvalue weighted by atomic mass is 9.97. The van der Waals surface area contributed by atoms with Crippen LogP contribution in [0.3, 0.4) is 0 Å². The van der Waals surface area contributed by atoms with E-state index < -0.39 is 0 Å². The molecule has 3 aromatic carbocycles. The smallest absolute Gasteiger partial charge is 0.193 e. The lowest BCUT2D eigenvalue weighted by molar-refractivity contribution is 0.103. The average molecular weight is 281 g/mol. The molecule has 98 valence electrons. The fraction of sp³-hybridized carbons (Fsp3) is 0.0556. The summed E-state index contributed by atoms with van der Waals surface area (Å²) in [5.41, 5.74) is 2.30. The van der Waals surface area contributed by atoms with Crippen LogP contribution >= 0.6 is 11.6 Å². The molecule has 0 saturated heterocycles. The highest BCUT2D eigenvalue weighted by molar-refractivity contribution is 6.30. The highest BCUT2D eigenvalue weighted by atomic mass is 35.5. The maximum atomic E-state index is 12.6. The van der Waals surface area contributed by atoms with Crippen LogP contribution in [-0.4, -0.2) is 5.78 Å². The lowest BCUT2D eigenvalue weighted by Crippen LogP contribution is -2.03. The lowest BCUT2D eigenvalue weighted by Gasteiger charge is -2.07. The summed E-state index contributed by atoms with van der Waals surface area (Å²) in [7, 11) is 0. The summed E-state index contributed by atoms with van der Waals surface area (Å²) in [5.74, 6) is 0.0323. The van der Waals surface area contributed by atoms with Crippen LogP contribution in [-0.2, 0) is 0 Å². The first kappa shape index (κ1) is 12.9. The fourth-order valence-corrected chi connectivity index (χ4v) is 2.59. The summed E-state index contributed by atoms with van der Waals surface area (Å²) < 4.78 is 0. The summed E-state index contributed by atoms with van der Waals surface area (Å²) in [6, 6.07) is 19.2. The Balaban J connectivity index is 2.08. The highest BCUT2D eigenvalue weighted by Gasteiger charge is 2.12. The van der Waals surface area contributed by atoms with Crippen molar-refractivity contribution in [2.45, 2.75) is 6.92 Å². The number of hydrogen-bond acceptors (Lipinski definition) is 1. The maximum Gasteiger partial charge on any atom is 0.193 e. The Bertz CT molecular complexity index is 805. The molecule has 0 unspecified atom stereocenters. The fourth-order valence-electron chi connectivity index (χ4n) is 2.37. The number of hydrogen-bond donors (Lipinski definition) is 0. The van der Waals surface area contributed by atoms with E-state index >= 15 is 0 Å². The van der Waals surface area contributed by atoms with E-state index in [2.05, 4.69) is 0 Å². The molecule has 0 aliphatic heterocycles. The van der Waals surface area contributed by atoms with Gasteiger partial charge < -0.3 is 0 Å². The average Bonchev–Trinajstić information content (AvgIpc) is 2.46. The van der Waals surface area contributed by atoms with Gasteiger partial charge in [-0.3, -0.25) is 4.79 Å². The first-order chi connectivity index (χ1) is 9.65. The molecule has 0 radical (unpaired) electrons. The SMILES string of the molecule is Cc1cc(Cl)ccc1C(=O)c1ccc2ccccc2c1. The van der Waals surface area contributed by atoms with Crippen LogP contribution in [0.5, 0.6) is 0 Å². The molecule has 20 heavy (non-hydrogen) atoms. The van der Waals surface area contributed by atoms with E-state index in [-0.39, 0.29) is 5.78 Å². The van der Waals surface area contributed by atoms with Gasteiger partial charge in [0.1, 0.15) is 0 Å². The Hall–Kier alpha value is -2.12. The molecule has 0 aromatic heterocycles. The van der Waals surface area contributed by atoms with E-state index in [0.717, 1.165) is 16.3 Å². The van der Waals surface area contributed by atoms with Gasteiger partial charge in [-0.1, -0.05) is 48.0 Å². The molecule has 0 amide bonds. The summed E-state index contributed by atoms with van der Waals surface area (Å²) >= 11 is 5.93. The van der Waals surface area contributed by atoms with Gasteiger partial charge in [-0.05, 0) is 47.5 Å². The van der Waals surface area contributed by atoms with Crippen molar-refractivity contribution >= 4 is 28.2 Å². The molecule has 0 aliphatic carbocycles. The van der Waals surface area contributed by atoms with Crippen LogP contribution in [0, 0.1) is 6.92 Å². The monoisotopic (exact) mass is 280 g/mol. The van der Waals surface area contributed by atoms with Gasteiger partial charge in [0, 0.05) is 16.1 Å². The number of aryl methyl sites for hydroxylation is 1. The third kappa shape index (κ3) is 2.33. The summed E-state index contributed by atoms with van der Waals surface area (Å²) in [5, 5.41) is 2.86. The first-order valence-corrected chi connectivity index (χ1v) is 6.82. The van der Waals surface area contributed by atoms with Gasteiger partial charge in [-0.25, -0.2) is 0 Å². The number of carbonyl (C=O) groups is 1. The molecular formula is C18H13ClO. The number of ketones is 1. The number of fused-ring (bicyclic) bond motifs is 1. The van der Waals surface area contributed by atoms with Gasteiger partial charge in [-0.2, -0.15) is 0 Å². The predicted molar refractivity (Wildman–Crippen MR) is 83.6 cm³/mol. The zero-order valence-corrected chi connectivity index (χ0v) is 11.8. The van der Waals surface area contributed by atoms with Crippen LogP contribution in [0.2, 0.25) is 5.02 Å². The number of benzene rings is 3. The van der Waals surface area contributed by atoms with Crippen molar-refractivity contribution in [3.05, 3.63) is 82.4 Å². The van der Waals surface area contributed by atoms with Crippen molar-refractivity contribution in [1.29, 1.82) is 0 Å². The van der Waals surface area contributed by atoms with E-state index in [9.17, 15) is 4.79 Å². The second-order valence-corrected chi connectivity index (χ2v) is 5.29. The maximum absolute atomic E-state index is 12.6. The highest BCUT2D eigenvalue weighted by Crippen LogP contribution is 2.21. The molecule has 0 N–H and O–H groups in total. The molecule has 3 aromatic rings. The zero-order valence-electron chi connectivity index (χ0n) is 11.1. The van der Waals surface area contributed by atoms with Crippen molar-refractivity contribution in [3.8, 4) is 0 Å². The number of halogens is 1. The second-order valence-electron chi connectivity index (χ2n) is 4.85.